The van der Waals surface area contributed by atoms with Gasteiger partial charge in [-0.25, -0.2) is 4.79 Å². The summed E-state index contributed by atoms with van der Waals surface area (Å²) in [6.07, 6.45) is 2.40. The second kappa shape index (κ2) is 5.54. The van der Waals surface area contributed by atoms with Crippen LogP contribution in [0.5, 0.6) is 0 Å². The second-order valence-electron chi connectivity index (χ2n) is 4.66. The second-order valence-corrected chi connectivity index (χ2v) is 4.66. The number of carbonyl (C=O) groups is 1. The molecule has 0 amide bonds. The third-order valence-corrected chi connectivity index (χ3v) is 3.23. The van der Waals surface area contributed by atoms with Crippen LogP contribution in [0.25, 0.3) is 0 Å². The molecule has 100 valence electrons. The van der Waals surface area contributed by atoms with Gasteiger partial charge in [0.2, 0.25) is 5.76 Å². The number of ether oxygens (including phenoxy) is 1. The van der Waals surface area contributed by atoms with Crippen molar-refractivity contribution in [2.75, 3.05) is 6.61 Å². The van der Waals surface area contributed by atoms with Gasteiger partial charge in [-0.05, 0) is 32.8 Å². The molecule has 1 aromatic rings. The molecule has 1 fully saturated rings. The molecule has 18 heavy (non-hydrogen) atoms. The first-order valence-corrected chi connectivity index (χ1v) is 6.27. The predicted molar refractivity (Wildman–Crippen MR) is 65.7 cm³/mol. The maximum Gasteiger partial charge on any atom is 0.372 e. The Morgan fingerprint density at radius 2 is 2.33 bits per heavy atom. The molecule has 0 aliphatic heterocycles. The smallest absolute Gasteiger partial charge is 0.372 e. The van der Waals surface area contributed by atoms with Crippen LogP contribution in [-0.4, -0.2) is 29.8 Å². The Hall–Kier alpha value is -1.33. The summed E-state index contributed by atoms with van der Waals surface area (Å²) in [7, 11) is 0. The third kappa shape index (κ3) is 2.91. The molecule has 2 rings (SSSR count). The third-order valence-electron chi connectivity index (χ3n) is 3.23. The molecule has 1 saturated carbocycles. The van der Waals surface area contributed by atoms with E-state index in [4.69, 9.17) is 14.3 Å². The van der Waals surface area contributed by atoms with Gasteiger partial charge in [-0.3, -0.25) is 0 Å². The van der Waals surface area contributed by atoms with Crippen molar-refractivity contribution in [1.82, 2.24) is 5.32 Å². The predicted octanol–water partition coefficient (Wildman–Crippen LogP) is 1.94. The monoisotopic (exact) mass is 253 g/mol. The van der Waals surface area contributed by atoms with Gasteiger partial charge in [0.15, 0.2) is 0 Å². The molecule has 1 heterocycles. The van der Waals surface area contributed by atoms with Gasteiger partial charge in [-0.15, -0.1) is 0 Å². The number of hydrogen-bond donors (Lipinski definition) is 2. The molecular formula is C13H19NO4. The van der Waals surface area contributed by atoms with Crippen LogP contribution >= 0.6 is 0 Å². The van der Waals surface area contributed by atoms with Crippen LogP contribution < -0.4 is 5.32 Å². The van der Waals surface area contributed by atoms with Crippen LogP contribution in [0, 0.1) is 6.92 Å². The Kier molecular flexibility index (Phi) is 4.04. The summed E-state index contributed by atoms with van der Waals surface area (Å²) in [4.78, 5) is 10.8. The average Bonchev–Trinajstić information content (AvgIpc) is 2.63. The summed E-state index contributed by atoms with van der Waals surface area (Å²) in [6.45, 7) is 5.07. The lowest BCUT2D eigenvalue weighted by Crippen LogP contribution is -2.45. The standard InChI is InChI=1S/C13H19NO4/c1-3-17-10-5-9(6-10)14-7-11-4-8(2)12(18-11)13(15)16/h4,9-10,14H,3,5-7H2,1-2H3,(H,15,16). The van der Waals surface area contributed by atoms with Gasteiger partial charge in [0.05, 0.1) is 12.6 Å². The maximum atomic E-state index is 10.8. The molecule has 0 atom stereocenters. The summed E-state index contributed by atoms with van der Waals surface area (Å²) in [5.74, 6) is -0.309. The quantitative estimate of drug-likeness (QED) is 0.810. The molecule has 0 bridgehead atoms. The van der Waals surface area contributed by atoms with Crippen molar-refractivity contribution in [3.05, 3.63) is 23.2 Å². The van der Waals surface area contributed by atoms with Crippen molar-refractivity contribution >= 4 is 5.97 Å². The first kappa shape index (κ1) is 13.1. The number of aryl methyl sites for hydroxylation is 1. The number of carboxylic acids is 1. The SMILES string of the molecule is CCOC1CC(NCc2cc(C)c(C(=O)O)o2)C1. The minimum Gasteiger partial charge on any atom is -0.475 e. The van der Waals surface area contributed by atoms with E-state index in [0.29, 0.717) is 30.0 Å². The Labute approximate surface area is 106 Å². The minimum atomic E-state index is -1.01. The molecule has 1 aliphatic carbocycles. The van der Waals surface area contributed by atoms with Gasteiger partial charge >= 0.3 is 5.97 Å². The fourth-order valence-electron chi connectivity index (χ4n) is 2.20. The molecule has 0 unspecified atom stereocenters. The minimum absolute atomic E-state index is 0.0348. The molecule has 2 N–H and O–H groups in total. The summed E-state index contributed by atoms with van der Waals surface area (Å²) in [6, 6.07) is 2.22. The van der Waals surface area contributed by atoms with Crippen LogP contribution in [0.15, 0.2) is 10.5 Å². The zero-order valence-electron chi connectivity index (χ0n) is 10.7. The maximum absolute atomic E-state index is 10.8. The highest BCUT2D eigenvalue weighted by Crippen LogP contribution is 2.24. The van der Waals surface area contributed by atoms with Crippen molar-refractivity contribution in [1.29, 1.82) is 0 Å². The molecular weight excluding hydrogens is 234 g/mol. The molecule has 0 spiro atoms. The van der Waals surface area contributed by atoms with E-state index in [0.717, 1.165) is 19.4 Å². The highest BCUT2D eigenvalue weighted by atomic mass is 16.5. The zero-order chi connectivity index (χ0) is 13.1. The van der Waals surface area contributed by atoms with E-state index in [9.17, 15) is 4.79 Å². The Morgan fingerprint density at radius 1 is 1.61 bits per heavy atom. The van der Waals surface area contributed by atoms with E-state index in [1.807, 2.05) is 6.92 Å². The van der Waals surface area contributed by atoms with Gasteiger partial charge in [0.25, 0.3) is 0 Å². The van der Waals surface area contributed by atoms with E-state index in [2.05, 4.69) is 5.32 Å². The lowest BCUT2D eigenvalue weighted by molar-refractivity contribution is -0.0105. The normalized spacial score (nSPS) is 22.8. The number of nitrogens with one attached hydrogen (secondary N) is 1. The van der Waals surface area contributed by atoms with Crippen molar-refractivity contribution < 1.29 is 19.1 Å². The van der Waals surface area contributed by atoms with Gasteiger partial charge in [0, 0.05) is 18.2 Å². The number of hydrogen-bond acceptors (Lipinski definition) is 4. The van der Waals surface area contributed by atoms with Gasteiger partial charge in [-0.1, -0.05) is 0 Å². The Bertz CT molecular complexity index is 421. The first-order valence-electron chi connectivity index (χ1n) is 6.27. The van der Waals surface area contributed by atoms with Crippen LogP contribution in [0.1, 0.15) is 41.6 Å². The lowest BCUT2D eigenvalue weighted by atomic mass is 9.89. The summed E-state index contributed by atoms with van der Waals surface area (Å²) in [5, 5.41) is 12.2. The van der Waals surface area contributed by atoms with E-state index in [1.54, 1.807) is 13.0 Å². The number of carboxylic acid groups (broad SMARTS) is 1. The molecule has 1 aliphatic rings. The molecule has 1 aromatic heterocycles. The molecule has 0 radical (unpaired) electrons. The molecule has 5 nitrogen and oxygen atoms in total. The Morgan fingerprint density at radius 3 is 2.89 bits per heavy atom. The summed E-state index contributed by atoms with van der Waals surface area (Å²) < 4.78 is 10.7. The highest BCUT2D eigenvalue weighted by Gasteiger charge is 2.29. The first-order chi connectivity index (χ1) is 8.60. The number of aromatic carboxylic acids is 1. The van der Waals surface area contributed by atoms with E-state index in [1.165, 1.54) is 0 Å². The van der Waals surface area contributed by atoms with E-state index in [-0.39, 0.29) is 5.76 Å². The largest absolute Gasteiger partial charge is 0.475 e. The van der Waals surface area contributed by atoms with Gasteiger partial charge < -0.3 is 19.6 Å². The van der Waals surface area contributed by atoms with E-state index < -0.39 is 5.97 Å². The van der Waals surface area contributed by atoms with Crippen LogP contribution in [0.4, 0.5) is 0 Å². The van der Waals surface area contributed by atoms with Crippen LogP contribution in [-0.2, 0) is 11.3 Å². The summed E-state index contributed by atoms with van der Waals surface area (Å²) >= 11 is 0. The van der Waals surface area contributed by atoms with Crippen molar-refractivity contribution in [2.45, 2.75) is 45.4 Å². The topological polar surface area (TPSA) is 71.7 Å². The summed E-state index contributed by atoms with van der Waals surface area (Å²) in [5.41, 5.74) is 0.667. The highest BCUT2D eigenvalue weighted by molar-refractivity contribution is 5.86. The van der Waals surface area contributed by atoms with E-state index >= 15 is 0 Å². The van der Waals surface area contributed by atoms with Crippen molar-refractivity contribution in [3.63, 3.8) is 0 Å². The fraction of sp³-hybridized carbons (Fsp3) is 0.615. The van der Waals surface area contributed by atoms with Crippen LogP contribution in [0.2, 0.25) is 0 Å². The van der Waals surface area contributed by atoms with Crippen LogP contribution in [0.3, 0.4) is 0 Å². The average molecular weight is 253 g/mol. The number of rotatable bonds is 6. The molecule has 0 aromatic carbocycles. The number of furan rings is 1. The van der Waals surface area contributed by atoms with Crippen molar-refractivity contribution in [2.24, 2.45) is 0 Å². The Balaban J connectivity index is 1.78. The lowest BCUT2D eigenvalue weighted by Gasteiger charge is -2.35. The zero-order valence-corrected chi connectivity index (χ0v) is 10.7. The van der Waals surface area contributed by atoms with Gasteiger partial charge in [-0.2, -0.15) is 0 Å². The molecule has 5 heteroatoms. The van der Waals surface area contributed by atoms with Gasteiger partial charge in [0.1, 0.15) is 5.76 Å². The van der Waals surface area contributed by atoms with Crippen molar-refractivity contribution in [3.8, 4) is 0 Å². The fourth-order valence-corrected chi connectivity index (χ4v) is 2.20. The molecule has 0 saturated heterocycles.